The Morgan fingerprint density at radius 1 is 1.06 bits per heavy atom. The van der Waals surface area contributed by atoms with E-state index in [0.29, 0.717) is 5.56 Å². The molecule has 0 radical (unpaired) electrons. The third kappa shape index (κ3) is 3.21. The highest BCUT2D eigenvalue weighted by molar-refractivity contribution is 6.02. The molecule has 0 spiro atoms. The second-order valence-electron chi connectivity index (χ2n) is 7.82. The smallest absolute Gasteiger partial charge is 0.305 e. The molecular weight excluding hydrogens is 404 g/mol. The van der Waals surface area contributed by atoms with Crippen molar-refractivity contribution in [3.8, 4) is 17.0 Å². The number of methoxy groups -OCH3 is 1. The van der Waals surface area contributed by atoms with Gasteiger partial charge in [-0.1, -0.05) is 48.5 Å². The van der Waals surface area contributed by atoms with Gasteiger partial charge in [0.15, 0.2) is 0 Å². The summed E-state index contributed by atoms with van der Waals surface area (Å²) in [6, 6.07) is 22.9. The van der Waals surface area contributed by atoms with Crippen LogP contribution < -0.4 is 4.74 Å². The molecule has 6 nitrogen and oxygen atoms in total. The molecule has 32 heavy (non-hydrogen) atoms. The van der Waals surface area contributed by atoms with Gasteiger partial charge < -0.3 is 19.7 Å². The van der Waals surface area contributed by atoms with Crippen LogP contribution in [0.2, 0.25) is 0 Å². The van der Waals surface area contributed by atoms with Crippen LogP contribution in [0.1, 0.15) is 33.9 Å². The summed E-state index contributed by atoms with van der Waals surface area (Å²) in [5.74, 6) is -0.342. The summed E-state index contributed by atoms with van der Waals surface area (Å²) in [6.07, 6.45) is -0.118. The maximum atomic E-state index is 13.3. The molecule has 1 amide bonds. The summed E-state index contributed by atoms with van der Waals surface area (Å²) in [5.41, 5.74) is 5.24. The van der Waals surface area contributed by atoms with Crippen molar-refractivity contribution in [3.63, 3.8) is 0 Å². The van der Waals surface area contributed by atoms with Gasteiger partial charge in [0.2, 0.25) is 0 Å². The minimum absolute atomic E-state index is 0.118. The van der Waals surface area contributed by atoms with Crippen LogP contribution in [0, 0.1) is 0 Å². The van der Waals surface area contributed by atoms with E-state index in [9.17, 15) is 14.7 Å². The van der Waals surface area contributed by atoms with Gasteiger partial charge in [0.05, 0.1) is 25.3 Å². The lowest BCUT2D eigenvalue weighted by Crippen LogP contribution is -2.31. The number of aromatic amines is 1. The Morgan fingerprint density at radius 3 is 2.66 bits per heavy atom. The SMILES string of the molecule is COc1cccc(-c2[nH]c3ccccc3c2[C@@H]2c3ccccc3C(=O)N2CCC(=O)O)c1. The number of benzene rings is 3. The number of fused-ring (bicyclic) bond motifs is 2. The van der Waals surface area contributed by atoms with E-state index in [2.05, 4.69) is 4.98 Å². The quantitative estimate of drug-likeness (QED) is 0.461. The molecule has 1 aliphatic heterocycles. The van der Waals surface area contributed by atoms with Crippen molar-refractivity contribution in [2.24, 2.45) is 0 Å². The molecule has 0 saturated heterocycles. The van der Waals surface area contributed by atoms with E-state index < -0.39 is 12.0 Å². The van der Waals surface area contributed by atoms with Crippen LogP contribution in [0.15, 0.2) is 72.8 Å². The number of para-hydroxylation sites is 1. The number of aliphatic carboxylic acids is 1. The number of hydrogen-bond donors (Lipinski definition) is 2. The number of H-pyrrole nitrogens is 1. The minimum Gasteiger partial charge on any atom is -0.497 e. The fourth-order valence-corrected chi connectivity index (χ4v) is 4.58. The van der Waals surface area contributed by atoms with Crippen LogP contribution in [0.4, 0.5) is 0 Å². The summed E-state index contributed by atoms with van der Waals surface area (Å²) < 4.78 is 5.43. The van der Waals surface area contributed by atoms with Crippen LogP contribution in [-0.4, -0.2) is 40.5 Å². The maximum Gasteiger partial charge on any atom is 0.305 e. The monoisotopic (exact) mass is 426 g/mol. The average molecular weight is 426 g/mol. The standard InChI is InChI=1S/C26H22N2O4/c1-32-17-8-6-7-16(15-17)24-23(20-11-4-5-12-21(20)27-24)25-18-9-2-3-10-19(18)26(31)28(25)14-13-22(29)30/h2-12,15,25,27H,13-14H2,1H3,(H,29,30)/t25-/m0/s1. The van der Waals surface area contributed by atoms with Gasteiger partial charge in [0.25, 0.3) is 5.91 Å². The largest absolute Gasteiger partial charge is 0.497 e. The zero-order chi connectivity index (χ0) is 22.2. The Balaban J connectivity index is 1.76. The van der Waals surface area contributed by atoms with Crippen molar-refractivity contribution in [3.05, 3.63) is 89.5 Å². The average Bonchev–Trinajstić information content (AvgIpc) is 3.33. The number of amides is 1. The molecule has 6 heteroatoms. The van der Waals surface area contributed by atoms with Gasteiger partial charge in [-0.2, -0.15) is 0 Å². The minimum atomic E-state index is -0.931. The number of carbonyl (C=O) groups is 2. The summed E-state index contributed by atoms with van der Waals surface area (Å²) in [5, 5.41) is 10.3. The third-order valence-corrected chi connectivity index (χ3v) is 6.00. The molecule has 3 aromatic carbocycles. The van der Waals surface area contributed by atoms with E-state index in [1.807, 2.05) is 72.8 Å². The van der Waals surface area contributed by atoms with Crippen LogP contribution >= 0.6 is 0 Å². The number of ether oxygens (including phenoxy) is 1. The molecule has 0 fully saturated rings. The van der Waals surface area contributed by atoms with E-state index in [1.54, 1.807) is 12.0 Å². The molecule has 4 aromatic rings. The Morgan fingerprint density at radius 2 is 1.84 bits per heavy atom. The molecular formula is C26H22N2O4. The van der Waals surface area contributed by atoms with Crippen molar-refractivity contribution in [2.75, 3.05) is 13.7 Å². The number of nitrogens with zero attached hydrogens (tertiary/aromatic N) is 1. The highest BCUT2D eigenvalue weighted by Gasteiger charge is 2.40. The molecule has 0 saturated carbocycles. The number of hydrogen-bond acceptors (Lipinski definition) is 3. The Kier molecular flexibility index (Phi) is 4.90. The predicted molar refractivity (Wildman–Crippen MR) is 122 cm³/mol. The first kappa shape index (κ1) is 19.9. The van der Waals surface area contributed by atoms with E-state index in [1.165, 1.54) is 0 Å². The van der Waals surface area contributed by atoms with Crippen molar-refractivity contribution >= 4 is 22.8 Å². The van der Waals surface area contributed by atoms with E-state index in [4.69, 9.17) is 4.74 Å². The topological polar surface area (TPSA) is 82.6 Å². The first-order valence-corrected chi connectivity index (χ1v) is 10.4. The summed E-state index contributed by atoms with van der Waals surface area (Å²) >= 11 is 0. The van der Waals surface area contributed by atoms with Gasteiger partial charge in [0.1, 0.15) is 5.75 Å². The second-order valence-corrected chi connectivity index (χ2v) is 7.82. The number of rotatable bonds is 6. The number of nitrogens with one attached hydrogen (secondary N) is 1. The zero-order valence-corrected chi connectivity index (χ0v) is 17.5. The predicted octanol–water partition coefficient (Wildman–Crippen LogP) is 4.86. The van der Waals surface area contributed by atoms with Crippen molar-refractivity contribution in [1.82, 2.24) is 9.88 Å². The number of carbonyl (C=O) groups excluding carboxylic acids is 1. The number of carboxylic acid groups (broad SMARTS) is 1. The lowest BCUT2D eigenvalue weighted by molar-refractivity contribution is -0.137. The van der Waals surface area contributed by atoms with Gasteiger partial charge in [-0.05, 0) is 29.8 Å². The van der Waals surface area contributed by atoms with Gasteiger partial charge in [0, 0.05) is 34.1 Å². The first-order valence-electron chi connectivity index (χ1n) is 10.4. The molecule has 1 aliphatic rings. The van der Waals surface area contributed by atoms with E-state index in [0.717, 1.165) is 39.0 Å². The van der Waals surface area contributed by atoms with Gasteiger partial charge in [-0.15, -0.1) is 0 Å². The lowest BCUT2D eigenvalue weighted by atomic mass is 9.93. The van der Waals surface area contributed by atoms with Crippen LogP contribution in [-0.2, 0) is 4.79 Å². The molecule has 1 atom stereocenters. The highest BCUT2D eigenvalue weighted by Crippen LogP contribution is 2.45. The Bertz CT molecular complexity index is 1340. The first-order chi connectivity index (χ1) is 15.6. The second kappa shape index (κ2) is 7.89. The van der Waals surface area contributed by atoms with Crippen LogP contribution in [0.3, 0.4) is 0 Å². The molecule has 1 aromatic heterocycles. The molecule has 0 unspecified atom stereocenters. The van der Waals surface area contributed by atoms with Crippen molar-refractivity contribution in [2.45, 2.75) is 12.5 Å². The summed E-state index contributed by atoms with van der Waals surface area (Å²) in [4.78, 5) is 29.9. The Labute approximate surface area is 185 Å². The fourth-order valence-electron chi connectivity index (χ4n) is 4.58. The van der Waals surface area contributed by atoms with Crippen molar-refractivity contribution in [1.29, 1.82) is 0 Å². The molecule has 2 heterocycles. The van der Waals surface area contributed by atoms with E-state index >= 15 is 0 Å². The Hall–Kier alpha value is -4.06. The van der Waals surface area contributed by atoms with Gasteiger partial charge in [-0.3, -0.25) is 9.59 Å². The molecule has 5 rings (SSSR count). The van der Waals surface area contributed by atoms with Crippen LogP contribution in [0.25, 0.3) is 22.2 Å². The third-order valence-electron chi connectivity index (χ3n) is 6.00. The highest BCUT2D eigenvalue weighted by atomic mass is 16.5. The summed E-state index contributed by atoms with van der Waals surface area (Å²) in [6.45, 7) is 0.130. The normalized spacial score (nSPS) is 15.2. The molecule has 0 aliphatic carbocycles. The molecule has 2 N–H and O–H groups in total. The molecule has 0 bridgehead atoms. The number of carboxylic acids is 1. The number of aromatic nitrogens is 1. The van der Waals surface area contributed by atoms with Crippen LogP contribution in [0.5, 0.6) is 5.75 Å². The van der Waals surface area contributed by atoms with Gasteiger partial charge in [-0.25, -0.2) is 0 Å². The molecule has 160 valence electrons. The van der Waals surface area contributed by atoms with E-state index in [-0.39, 0.29) is 18.9 Å². The van der Waals surface area contributed by atoms with Crippen molar-refractivity contribution < 1.29 is 19.4 Å². The fraction of sp³-hybridized carbons (Fsp3) is 0.154. The summed E-state index contributed by atoms with van der Waals surface area (Å²) in [7, 11) is 1.63. The zero-order valence-electron chi connectivity index (χ0n) is 17.5. The maximum absolute atomic E-state index is 13.3. The van der Waals surface area contributed by atoms with Gasteiger partial charge >= 0.3 is 5.97 Å². The lowest BCUT2D eigenvalue weighted by Gasteiger charge is -2.26.